The number of nitrogens with zero attached hydrogens (tertiary/aromatic N) is 1. The van der Waals surface area contributed by atoms with Gasteiger partial charge in [-0.05, 0) is 52.1 Å². The van der Waals surface area contributed by atoms with Gasteiger partial charge in [-0.3, -0.25) is 0 Å². The van der Waals surface area contributed by atoms with E-state index in [1.165, 1.54) is 13.1 Å². The zero-order chi connectivity index (χ0) is 15.6. The molecular weight excluding hydrogens is 288 g/mol. The van der Waals surface area contributed by atoms with Gasteiger partial charge in [0.25, 0.3) is 0 Å². The average molecular weight is 312 g/mol. The van der Waals surface area contributed by atoms with Crippen molar-refractivity contribution in [1.29, 1.82) is 0 Å². The van der Waals surface area contributed by atoms with Gasteiger partial charge in [-0.15, -0.1) is 0 Å². The molecule has 0 aliphatic carbocycles. The molecule has 2 unspecified atom stereocenters. The number of benzene rings is 1. The summed E-state index contributed by atoms with van der Waals surface area (Å²) in [4.78, 5) is 2.52. The third-order valence-electron chi connectivity index (χ3n) is 4.17. The van der Waals surface area contributed by atoms with Gasteiger partial charge < -0.3 is 16.0 Å². The molecule has 0 aromatic heterocycles. The van der Waals surface area contributed by atoms with E-state index in [0.717, 1.165) is 25.1 Å². The number of rotatable bonds is 4. The first kappa shape index (κ1) is 16.1. The van der Waals surface area contributed by atoms with E-state index >= 15 is 0 Å². The molecule has 1 aliphatic rings. The second kappa shape index (κ2) is 6.21. The minimum atomic E-state index is -3.45. The van der Waals surface area contributed by atoms with Crippen molar-refractivity contribution in [1.82, 2.24) is 9.62 Å². The van der Waals surface area contributed by atoms with E-state index in [4.69, 9.17) is 5.73 Å². The maximum Gasteiger partial charge on any atom is 0.240 e. The lowest BCUT2D eigenvalue weighted by Gasteiger charge is -2.36. The molecule has 118 valence electrons. The largest absolute Gasteiger partial charge is 0.397 e. The number of anilines is 2. The predicted octanol–water partition coefficient (Wildman–Crippen LogP) is 1.07. The minimum Gasteiger partial charge on any atom is -0.397 e. The predicted molar refractivity (Wildman–Crippen MR) is 85.8 cm³/mol. The summed E-state index contributed by atoms with van der Waals surface area (Å²) in [5.74, 6) is 0. The Morgan fingerprint density at radius 3 is 2.67 bits per heavy atom. The number of sulfonamides is 1. The van der Waals surface area contributed by atoms with Crippen LogP contribution in [0.3, 0.4) is 0 Å². The Balaban J connectivity index is 2.12. The summed E-state index contributed by atoms with van der Waals surface area (Å²) in [6.45, 7) is 3.25. The molecule has 1 aromatic rings. The molecule has 0 spiro atoms. The molecule has 1 aliphatic heterocycles. The maximum absolute atomic E-state index is 11.7. The number of hydrogen-bond donors (Lipinski definition) is 3. The highest BCUT2D eigenvalue weighted by atomic mass is 32.2. The lowest BCUT2D eigenvalue weighted by molar-refractivity contribution is 0.190. The highest BCUT2D eigenvalue weighted by Crippen LogP contribution is 2.26. The molecule has 2 rings (SSSR count). The Morgan fingerprint density at radius 2 is 2.10 bits per heavy atom. The number of nitrogen functional groups attached to an aromatic ring is 1. The first-order valence-corrected chi connectivity index (χ1v) is 8.61. The number of hydrogen-bond acceptors (Lipinski definition) is 5. The fourth-order valence-electron chi connectivity index (χ4n) is 2.60. The molecule has 0 bridgehead atoms. The van der Waals surface area contributed by atoms with E-state index < -0.39 is 10.0 Å². The van der Waals surface area contributed by atoms with E-state index in [0.29, 0.717) is 17.8 Å². The zero-order valence-corrected chi connectivity index (χ0v) is 13.6. The van der Waals surface area contributed by atoms with Crippen molar-refractivity contribution in [3.05, 3.63) is 18.2 Å². The third-order valence-corrected chi connectivity index (χ3v) is 5.58. The summed E-state index contributed by atoms with van der Waals surface area (Å²) in [5.41, 5.74) is 7.24. The van der Waals surface area contributed by atoms with Gasteiger partial charge in [0.05, 0.1) is 16.3 Å². The molecule has 6 nitrogen and oxygen atoms in total. The van der Waals surface area contributed by atoms with Crippen LogP contribution in [0, 0.1) is 0 Å². The monoisotopic (exact) mass is 312 g/mol. The van der Waals surface area contributed by atoms with Crippen molar-refractivity contribution in [2.24, 2.45) is 0 Å². The summed E-state index contributed by atoms with van der Waals surface area (Å²) < 4.78 is 25.8. The molecule has 0 radical (unpaired) electrons. The Bertz CT molecular complexity index is 603. The van der Waals surface area contributed by atoms with Crippen LogP contribution in [0.5, 0.6) is 0 Å². The van der Waals surface area contributed by atoms with Gasteiger partial charge >= 0.3 is 0 Å². The number of nitrogens with two attached hydrogens (primary N) is 1. The lowest BCUT2D eigenvalue weighted by atomic mass is 9.98. The van der Waals surface area contributed by atoms with E-state index in [9.17, 15) is 8.42 Å². The van der Waals surface area contributed by atoms with Gasteiger partial charge in [0, 0.05) is 18.6 Å². The molecule has 0 amide bonds. The molecule has 1 saturated heterocycles. The van der Waals surface area contributed by atoms with Crippen LogP contribution in [0.4, 0.5) is 11.4 Å². The maximum atomic E-state index is 11.7. The normalized spacial score (nSPS) is 24.0. The van der Waals surface area contributed by atoms with Gasteiger partial charge in [-0.25, -0.2) is 13.1 Å². The van der Waals surface area contributed by atoms with Crippen molar-refractivity contribution in [3.63, 3.8) is 0 Å². The highest BCUT2D eigenvalue weighted by molar-refractivity contribution is 7.89. The van der Waals surface area contributed by atoms with Gasteiger partial charge in [0.1, 0.15) is 0 Å². The molecule has 4 N–H and O–H groups in total. The van der Waals surface area contributed by atoms with Crippen LogP contribution in [0.2, 0.25) is 0 Å². The molecule has 2 atom stereocenters. The first-order valence-electron chi connectivity index (χ1n) is 7.13. The zero-order valence-electron chi connectivity index (χ0n) is 12.8. The molecule has 0 saturated carbocycles. The second-order valence-electron chi connectivity index (χ2n) is 5.65. The van der Waals surface area contributed by atoms with Gasteiger partial charge in [0.2, 0.25) is 10.0 Å². The molecule has 7 heteroatoms. The van der Waals surface area contributed by atoms with E-state index in [2.05, 4.69) is 28.9 Å². The Labute approximate surface area is 126 Å². The minimum absolute atomic E-state index is 0.185. The van der Waals surface area contributed by atoms with Crippen LogP contribution in [0.15, 0.2) is 23.1 Å². The summed E-state index contributed by atoms with van der Waals surface area (Å²) in [6, 6.07) is 5.70. The number of nitrogens with one attached hydrogen (secondary N) is 2. The summed E-state index contributed by atoms with van der Waals surface area (Å²) in [5, 5.41) is 3.43. The number of likely N-dealkylation sites (tertiary alicyclic amines) is 1. The quantitative estimate of drug-likeness (QED) is 0.724. The smallest absolute Gasteiger partial charge is 0.240 e. The average Bonchev–Trinajstić information content (AvgIpc) is 2.45. The topological polar surface area (TPSA) is 87.5 Å². The molecule has 1 fully saturated rings. The van der Waals surface area contributed by atoms with Crippen molar-refractivity contribution < 1.29 is 8.42 Å². The van der Waals surface area contributed by atoms with Gasteiger partial charge in [-0.2, -0.15) is 0 Å². The second-order valence-corrected chi connectivity index (χ2v) is 7.54. The van der Waals surface area contributed by atoms with Crippen LogP contribution in [0.1, 0.15) is 19.8 Å². The first-order chi connectivity index (χ1) is 9.83. The molecule has 21 heavy (non-hydrogen) atoms. The molecule has 1 aromatic carbocycles. The van der Waals surface area contributed by atoms with E-state index in [1.807, 2.05) is 0 Å². The van der Waals surface area contributed by atoms with E-state index in [1.54, 1.807) is 12.1 Å². The Morgan fingerprint density at radius 1 is 1.38 bits per heavy atom. The van der Waals surface area contributed by atoms with Gasteiger partial charge in [0.15, 0.2) is 0 Å². The molecule has 1 heterocycles. The highest BCUT2D eigenvalue weighted by Gasteiger charge is 2.23. The standard InChI is InChI=1S/C14H24N4O2S/c1-10-8-11(6-7-18(10)3)17-14-5-4-12(9-13(14)15)21(19,20)16-2/h4-5,9-11,16-17H,6-8,15H2,1-3H3. The summed E-state index contributed by atoms with van der Waals surface area (Å²) >= 11 is 0. The van der Waals surface area contributed by atoms with Gasteiger partial charge in [-0.1, -0.05) is 0 Å². The summed E-state index contributed by atoms with van der Waals surface area (Å²) in [7, 11) is 0.0671. The van der Waals surface area contributed by atoms with Crippen molar-refractivity contribution >= 4 is 21.4 Å². The number of piperidine rings is 1. The Kier molecular flexibility index (Phi) is 4.75. The van der Waals surface area contributed by atoms with E-state index in [-0.39, 0.29) is 4.90 Å². The van der Waals surface area contributed by atoms with Crippen LogP contribution >= 0.6 is 0 Å². The lowest BCUT2D eigenvalue weighted by Crippen LogP contribution is -2.42. The SMILES string of the molecule is CNS(=O)(=O)c1ccc(NC2CCN(C)C(C)C2)c(N)c1. The summed E-state index contributed by atoms with van der Waals surface area (Å²) in [6.07, 6.45) is 2.10. The van der Waals surface area contributed by atoms with Crippen molar-refractivity contribution in [2.45, 2.75) is 36.7 Å². The van der Waals surface area contributed by atoms with Crippen LogP contribution in [0.25, 0.3) is 0 Å². The van der Waals surface area contributed by atoms with Crippen molar-refractivity contribution in [3.8, 4) is 0 Å². The van der Waals surface area contributed by atoms with Crippen molar-refractivity contribution in [2.75, 3.05) is 31.7 Å². The fourth-order valence-corrected chi connectivity index (χ4v) is 3.36. The third kappa shape index (κ3) is 3.66. The van der Waals surface area contributed by atoms with Crippen LogP contribution < -0.4 is 15.8 Å². The molecular formula is C14H24N4O2S. The van der Waals surface area contributed by atoms with Crippen LogP contribution in [-0.2, 0) is 10.0 Å². The van der Waals surface area contributed by atoms with Crippen LogP contribution in [-0.4, -0.2) is 46.0 Å². The Hall–Kier alpha value is -1.31. The fraction of sp³-hybridized carbons (Fsp3) is 0.571.